The lowest BCUT2D eigenvalue weighted by atomic mass is 9.98. The molecule has 0 bridgehead atoms. The molecule has 1 rings (SSSR count). The Morgan fingerprint density at radius 3 is 2.41 bits per heavy atom. The van der Waals surface area contributed by atoms with E-state index in [0.717, 1.165) is 13.1 Å². The van der Waals surface area contributed by atoms with Crippen molar-refractivity contribution in [2.24, 2.45) is 0 Å². The lowest BCUT2D eigenvalue weighted by Crippen LogP contribution is -2.28. The Balaban J connectivity index is 2.70. The molecule has 1 unspecified atom stereocenters. The SMILES string of the molecule is CCC(C)c1cccc(N(C)CCN(C)C)c1. The van der Waals surface area contributed by atoms with Crippen LogP contribution in [0.2, 0.25) is 0 Å². The van der Waals surface area contributed by atoms with E-state index in [2.05, 4.69) is 69.1 Å². The first kappa shape index (κ1) is 14.0. The largest absolute Gasteiger partial charge is 0.373 e. The lowest BCUT2D eigenvalue weighted by Gasteiger charge is -2.22. The molecule has 2 heteroatoms. The molecule has 0 N–H and O–H groups in total. The highest BCUT2D eigenvalue weighted by Crippen LogP contribution is 2.23. The van der Waals surface area contributed by atoms with E-state index in [4.69, 9.17) is 0 Å². The fourth-order valence-electron chi connectivity index (χ4n) is 1.78. The van der Waals surface area contributed by atoms with Gasteiger partial charge in [-0.3, -0.25) is 0 Å². The Kier molecular flexibility index (Phi) is 5.49. The van der Waals surface area contributed by atoms with Crippen LogP contribution < -0.4 is 4.90 Å². The van der Waals surface area contributed by atoms with Crippen LogP contribution in [0.5, 0.6) is 0 Å². The van der Waals surface area contributed by atoms with Gasteiger partial charge in [-0.2, -0.15) is 0 Å². The maximum absolute atomic E-state index is 2.33. The molecule has 0 heterocycles. The molecule has 0 saturated carbocycles. The van der Waals surface area contributed by atoms with Crippen molar-refractivity contribution in [1.82, 2.24) is 4.90 Å². The second-order valence-electron chi connectivity index (χ2n) is 5.13. The van der Waals surface area contributed by atoms with Gasteiger partial charge < -0.3 is 9.80 Å². The minimum atomic E-state index is 0.650. The highest BCUT2D eigenvalue weighted by atomic mass is 15.1. The maximum Gasteiger partial charge on any atom is 0.0366 e. The van der Waals surface area contributed by atoms with Crippen LogP contribution in [0.15, 0.2) is 24.3 Å². The number of rotatable bonds is 6. The quantitative estimate of drug-likeness (QED) is 0.746. The first-order valence-corrected chi connectivity index (χ1v) is 6.50. The van der Waals surface area contributed by atoms with Gasteiger partial charge >= 0.3 is 0 Å². The molecule has 1 atom stereocenters. The standard InChI is InChI=1S/C15H26N2/c1-6-13(2)14-8-7-9-15(12-14)17(5)11-10-16(3)4/h7-9,12-13H,6,10-11H2,1-5H3. The van der Waals surface area contributed by atoms with Crippen LogP contribution in [-0.4, -0.2) is 39.1 Å². The van der Waals surface area contributed by atoms with Crippen molar-refractivity contribution < 1.29 is 0 Å². The average molecular weight is 234 g/mol. The third kappa shape index (κ3) is 4.39. The Morgan fingerprint density at radius 2 is 1.82 bits per heavy atom. The summed E-state index contributed by atoms with van der Waals surface area (Å²) in [5.74, 6) is 0.650. The molecule has 0 fully saturated rings. The third-order valence-corrected chi connectivity index (χ3v) is 3.38. The molecule has 1 aromatic rings. The molecule has 0 aliphatic heterocycles. The predicted molar refractivity (Wildman–Crippen MR) is 77.0 cm³/mol. The highest BCUT2D eigenvalue weighted by molar-refractivity contribution is 5.48. The van der Waals surface area contributed by atoms with E-state index in [1.54, 1.807) is 0 Å². The first-order chi connectivity index (χ1) is 8.04. The Morgan fingerprint density at radius 1 is 1.12 bits per heavy atom. The summed E-state index contributed by atoms with van der Waals surface area (Å²) in [4.78, 5) is 4.54. The Labute approximate surface area is 106 Å². The van der Waals surface area contributed by atoms with Crippen LogP contribution in [-0.2, 0) is 0 Å². The fraction of sp³-hybridized carbons (Fsp3) is 0.600. The number of hydrogen-bond acceptors (Lipinski definition) is 2. The van der Waals surface area contributed by atoms with Gasteiger partial charge in [-0.1, -0.05) is 26.0 Å². The van der Waals surface area contributed by atoms with E-state index >= 15 is 0 Å². The first-order valence-electron chi connectivity index (χ1n) is 6.50. The molecule has 0 spiro atoms. The van der Waals surface area contributed by atoms with E-state index in [1.807, 2.05) is 0 Å². The van der Waals surface area contributed by atoms with E-state index in [-0.39, 0.29) is 0 Å². The van der Waals surface area contributed by atoms with E-state index in [0.29, 0.717) is 5.92 Å². The van der Waals surface area contributed by atoms with Gasteiger partial charge in [-0.05, 0) is 44.1 Å². The van der Waals surface area contributed by atoms with Gasteiger partial charge in [0.15, 0.2) is 0 Å². The summed E-state index contributed by atoms with van der Waals surface area (Å²) in [6, 6.07) is 8.92. The van der Waals surface area contributed by atoms with Crippen molar-refractivity contribution in [2.75, 3.05) is 39.1 Å². The van der Waals surface area contributed by atoms with Crippen LogP contribution in [0, 0.1) is 0 Å². The number of likely N-dealkylation sites (N-methyl/N-ethyl adjacent to an activating group) is 2. The molecule has 1 aromatic carbocycles. The van der Waals surface area contributed by atoms with Crippen molar-refractivity contribution in [3.8, 4) is 0 Å². The molecule has 0 aromatic heterocycles. The zero-order chi connectivity index (χ0) is 12.8. The number of hydrogen-bond donors (Lipinski definition) is 0. The van der Waals surface area contributed by atoms with Crippen LogP contribution >= 0.6 is 0 Å². The van der Waals surface area contributed by atoms with Crippen LogP contribution in [0.3, 0.4) is 0 Å². The number of benzene rings is 1. The van der Waals surface area contributed by atoms with E-state index < -0.39 is 0 Å². The van der Waals surface area contributed by atoms with Crippen molar-refractivity contribution in [2.45, 2.75) is 26.2 Å². The van der Waals surface area contributed by atoms with Gasteiger partial charge in [0.1, 0.15) is 0 Å². The zero-order valence-corrected chi connectivity index (χ0v) is 11.9. The summed E-state index contributed by atoms with van der Waals surface area (Å²) in [6.07, 6.45) is 1.20. The normalized spacial score (nSPS) is 12.8. The molecule has 17 heavy (non-hydrogen) atoms. The molecular formula is C15H26N2. The van der Waals surface area contributed by atoms with Gasteiger partial charge in [-0.15, -0.1) is 0 Å². The highest BCUT2D eigenvalue weighted by Gasteiger charge is 2.06. The maximum atomic E-state index is 2.33. The minimum absolute atomic E-state index is 0.650. The molecule has 0 aliphatic rings. The van der Waals surface area contributed by atoms with Crippen molar-refractivity contribution >= 4 is 5.69 Å². The van der Waals surface area contributed by atoms with Gasteiger partial charge in [0.05, 0.1) is 0 Å². The van der Waals surface area contributed by atoms with Crippen molar-refractivity contribution in [3.05, 3.63) is 29.8 Å². The zero-order valence-electron chi connectivity index (χ0n) is 11.9. The summed E-state index contributed by atoms with van der Waals surface area (Å²) >= 11 is 0. The smallest absolute Gasteiger partial charge is 0.0366 e. The van der Waals surface area contributed by atoms with Crippen molar-refractivity contribution in [3.63, 3.8) is 0 Å². The molecule has 2 nitrogen and oxygen atoms in total. The van der Waals surface area contributed by atoms with Gasteiger partial charge in [0.2, 0.25) is 0 Å². The molecule has 0 radical (unpaired) electrons. The second kappa shape index (κ2) is 6.65. The summed E-state index contributed by atoms with van der Waals surface area (Å²) < 4.78 is 0. The lowest BCUT2D eigenvalue weighted by molar-refractivity contribution is 0.416. The molecule has 0 aliphatic carbocycles. The van der Waals surface area contributed by atoms with Crippen molar-refractivity contribution in [1.29, 1.82) is 0 Å². The number of nitrogens with zero attached hydrogens (tertiary/aromatic N) is 2. The van der Waals surface area contributed by atoms with Gasteiger partial charge in [0.25, 0.3) is 0 Å². The third-order valence-electron chi connectivity index (χ3n) is 3.38. The summed E-state index contributed by atoms with van der Waals surface area (Å²) in [6.45, 7) is 6.69. The summed E-state index contributed by atoms with van der Waals surface area (Å²) in [5, 5.41) is 0. The van der Waals surface area contributed by atoms with Crippen LogP contribution in [0.25, 0.3) is 0 Å². The topological polar surface area (TPSA) is 6.48 Å². The predicted octanol–water partition coefficient (Wildman–Crippen LogP) is 3.20. The van der Waals surface area contributed by atoms with Crippen LogP contribution in [0.4, 0.5) is 5.69 Å². The van der Waals surface area contributed by atoms with Crippen LogP contribution in [0.1, 0.15) is 31.7 Å². The molecular weight excluding hydrogens is 208 g/mol. The summed E-state index contributed by atoms with van der Waals surface area (Å²) in [7, 11) is 6.39. The van der Waals surface area contributed by atoms with Gasteiger partial charge in [0, 0.05) is 25.8 Å². The number of anilines is 1. The molecule has 96 valence electrons. The summed E-state index contributed by atoms with van der Waals surface area (Å²) in [5.41, 5.74) is 2.77. The second-order valence-corrected chi connectivity index (χ2v) is 5.13. The fourth-order valence-corrected chi connectivity index (χ4v) is 1.78. The molecule has 0 saturated heterocycles. The average Bonchev–Trinajstić information content (AvgIpc) is 2.35. The monoisotopic (exact) mass is 234 g/mol. The Bertz CT molecular complexity index is 333. The van der Waals surface area contributed by atoms with Gasteiger partial charge in [-0.25, -0.2) is 0 Å². The van der Waals surface area contributed by atoms with E-state index in [9.17, 15) is 0 Å². The van der Waals surface area contributed by atoms with E-state index in [1.165, 1.54) is 17.7 Å². The Hall–Kier alpha value is -1.02. The minimum Gasteiger partial charge on any atom is -0.373 e. The molecule has 0 amide bonds.